The number of aromatic nitrogens is 5. The molecular weight excluding hydrogens is 859 g/mol. The maximum Gasteiger partial charge on any atom is 0.164 e. The number of nitrogens with zero attached hydrogens (tertiary/aromatic N) is 5. The highest BCUT2D eigenvalue weighted by atomic mass is 32.1. The Morgan fingerprint density at radius 2 is 0.681 bits per heavy atom. The first-order chi connectivity index (χ1) is 34.1. The summed E-state index contributed by atoms with van der Waals surface area (Å²) in [7, 11) is 0. The first-order valence-electron chi connectivity index (χ1n) is 23.1. The van der Waals surface area contributed by atoms with Crippen LogP contribution in [0.25, 0.3) is 132 Å². The topological polar surface area (TPSA) is 64.5 Å². The van der Waals surface area contributed by atoms with Gasteiger partial charge < -0.3 is 0 Å². The van der Waals surface area contributed by atoms with Crippen molar-refractivity contribution in [3.05, 3.63) is 237 Å². The number of benzene rings is 9. The van der Waals surface area contributed by atoms with E-state index < -0.39 is 0 Å². The van der Waals surface area contributed by atoms with Gasteiger partial charge in [-0.3, -0.25) is 0 Å². The molecule has 5 nitrogen and oxygen atoms in total. The first-order valence-corrected chi connectivity index (χ1v) is 23.9. The second-order valence-electron chi connectivity index (χ2n) is 17.2. The summed E-state index contributed by atoms with van der Waals surface area (Å²) in [5.74, 6) is 1.92. The fraction of sp³-hybridized carbons (Fsp3) is 0. The molecule has 9 aromatic carbocycles. The lowest BCUT2D eigenvalue weighted by molar-refractivity contribution is 1.07. The van der Waals surface area contributed by atoms with E-state index in [1.54, 1.807) is 0 Å². The molecule has 0 saturated carbocycles. The molecule has 13 rings (SSSR count). The third-order valence-corrected chi connectivity index (χ3v) is 14.1. The number of pyridine rings is 2. The Morgan fingerprint density at radius 3 is 1.26 bits per heavy atom. The molecule has 0 aliphatic heterocycles. The Bertz CT molecular complexity index is 3980. The average Bonchev–Trinajstić information content (AvgIpc) is 3.82. The van der Waals surface area contributed by atoms with Crippen molar-refractivity contribution in [2.45, 2.75) is 0 Å². The van der Waals surface area contributed by atoms with Crippen molar-refractivity contribution in [1.82, 2.24) is 24.9 Å². The molecule has 0 saturated heterocycles. The predicted molar refractivity (Wildman–Crippen MR) is 287 cm³/mol. The van der Waals surface area contributed by atoms with Gasteiger partial charge in [0.15, 0.2) is 17.5 Å². The Balaban J connectivity index is 0.896. The van der Waals surface area contributed by atoms with E-state index in [1.165, 1.54) is 25.7 Å². The molecule has 13 aromatic rings. The third-order valence-electron chi connectivity index (χ3n) is 12.9. The summed E-state index contributed by atoms with van der Waals surface area (Å²) in [4.78, 5) is 25.4. The molecule has 0 radical (unpaired) electrons. The summed E-state index contributed by atoms with van der Waals surface area (Å²) >= 11 is 1.84. The lowest BCUT2D eigenvalue weighted by atomic mass is 9.92. The monoisotopic (exact) mass is 897 g/mol. The van der Waals surface area contributed by atoms with Gasteiger partial charge in [-0.2, -0.15) is 0 Å². The van der Waals surface area contributed by atoms with Crippen molar-refractivity contribution in [1.29, 1.82) is 0 Å². The van der Waals surface area contributed by atoms with Crippen molar-refractivity contribution in [2.75, 3.05) is 0 Å². The van der Waals surface area contributed by atoms with E-state index in [2.05, 4.69) is 170 Å². The van der Waals surface area contributed by atoms with Crippen LogP contribution in [0.4, 0.5) is 0 Å². The average molecular weight is 898 g/mol. The van der Waals surface area contributed by atoms with Crippen molar-refractivity contribution < 1.29 is 0 Å². The van der Waals surface area contributed by atoms with E-state index in [9.17, 15) is 0 Å². The quantitative estimate of drug-likeness (QED) is 0.142. The lowest BCUT2D eigenvalue weighted by Gasteiger charge is -2.13. The number of hydrogen-bond donors (Lipinski definition) is 0. The number of hydrogen-bond acceptors (Lipinski definition) is 6. The Hall–Kier alpha value is -8.97. The molecule has 0 unspecified atom stereocenters. The fourth-order valence-electron chi connectivity index (χ4n) is 9.42. The van der Waals surface area contributed by atoms with Gasteiger partial charge in [-0.1, -0.05) is 194 Å². The van der Waals surface area contributed by atoms with E-state index >= 15 is 0 Å². The molecule has 4 aromatic heterocycles. The third kappa shape index (κ3) is 7.59. The van der Waals surface area contributed by atoms with Gasteiger partial charge in [0.25, 0.3) is 0 Å². The van der Waals surface area contributed by atoms with Crippen LogP contribution in [0.3, 0.4) is 0 Å². The zero-order valence-corrected chi connectivity index (χ0v) is 38.0. The van der Waals surface area contributed by atoms with Gasteiger partial charge in [0.2, 0.25) is 0 Å². The molecule has 4 heterocycles. The summed E-state index contributed by atoms with van der Waals surface area (Å²) < 4.78 is 2.56. The molecule has 0 N–H and O–H groups in total. The number of thiophene rings is 1. The maximum absolute atomic E-state index is 5.43. The molecule has 0 bridgehead atoms. The second-order valence-corrected chi connectivity index (χ2v) is 18.3. The normalized spacial score (nSPS) is 11.5. The van der Waals surface area contributed by atoms with Crippen LogP contribution in [-0.2, 0) is 0 Å². The van der Waals surface area contributed by atoms with Crippen molar-refractivity contribution in [3.8, 4) is 90.1 Å². The maximum atomic E-state index is 5.43. The molecule has 0 atom stereocenters. The Kier molecular flexibility index (Phi) is 9.95. The van der Waals surface area contributed by atoms with Crippen LogP contribution in [0, 0.1) is 0 Å². The molecule has 322 valence electrons. The Morgan fingerprint density at radius 1 is 0.261 bits per heavy atom. The lowest BCUT2D eigenvalue weighted by Crippen LogP contribution is -2.00. The molecule has 0 fully saturated rings. The number of fused-ring (bicyclic) bond motifs is 6. The second kappa shape index (κ2) is 17.0. The van der Waals surface area contributed by atoms with E-state index in [4.69, 9.17) is 24.9 Å². The molecule has 6 heteroatoms. The van der Waals surface area contributed by atoms with Crippen LogP contribution < -0.4 is 0 Å². The van der Waals surface area contributed by atoms with Crippen molar-refractivity contribution in [2.24, 2.45) is 0 Å². The van der Waals surface area contributed by atoms with Gasteiger partial charge in [-0.25, -0.2) is 24.9 Å². The van der Waals surface area contributed by atoms with E-state index in [1.807, 2.05) is 78.1 Å². The molecule has 0 aliphatic rings. The van der Waals surface area contributed by atoms with Crippen LogP contribution in [0.1, 0.15) is 0 Å². The predicted octanol–water partition coefficient (Wildman–Crippen LogP) is 16.7. The van der Waals surface area contributed by atoms with Crippen LogP contribution in [0.2, 0.25) is 0 Å². The largest absolute Gasteiger partial charge is 0.245 e. The van der Waals surface area contributed by atoms with Gasteiger partial charge in [-0.15, -0.1) is 11.3 Å². The molecule has 0 amide bonds. The highest BCUT2D eigenvalue weighted by molar-refractivity contribution is 7.25. The van der Waals surface area contributed by atoms with Gasteiger partial charge >= 0.3 is 0 Å². The van der Waals surface area contributed by atoms with E-state index in [-0.39, 0.29) is 0 Å². The standard InChI is InChI=1S/C63H39N5S/c1-4-13-43(14-5-1)54-35-33-44-29-30-45-34-36-55(65-60(45)59(44)64-54)51-38-49(37-50(39-51)52-20-12-22-57-58(52)53-19-10-11-21-56(53)69-57)42-25-23-40(24-26-42)41-27-31-48(32-28-41)63-67-61(46-15-6-2-7-16-46)66-62(68-63)47-17-8-3-9-18-47/h1-39H. The summed E-state index contributed by atoms with van der Waals surface area (Å²) in [6.07, 6.45) is 0. The zero-order chi connectivity index (χ0) is 45.7. The van der Waals surface area contributed by atoms with E-state index in [0.717, 1.165) is 88.8 Å². The van der Waals surface area contributed by atoms with Crippen LogP contribution in [0.5, 0.6) is 0 Å². The van der Waals surface area contributed by atoms with Crippen molar-refractivity contribution >= 4 is 53.3 Å². The Labute approximate surface area is 402 Å². The van der Waals surface area contributed by atoms with Crippen molar-refractivity contribution in [3.63, 3.8) is 0 Å². The molecule has 69 heavy (non-hydrogen) atoms. The van der Waals surface area contributed by atoms with Gasteiger partial charge in [-0.05, 0) is 75.8 Å². The smallest absolute Gasteiger partial charge is 0.164 e. The minimum Gasteiger partial charge on any atom is -0.245 e. The molecular formula is C63H39N5S. The molecule has 0 spiro atoms. The first kappa shape index (κ1) is 40.3. The van der Waals surface area contributed by atoms with Gasteiger partial charge in [0, 0.05) is 58.8 Å². The molecule has 0 aliphatic carbocycles. The van der Waals surface area contributed by atoms with Crippen LogP contribution in [-0.4, -0.2) is 24.9 Å². The zero-order valence-electron chi connectivity index (χ0n) is 37.2. The minimum absolute atomic E-state index is 0.633. The highest BCUT2D eigenvalue weighted by Crippen LogP contribution is 2.42. The van der Waals surface area contributed by atoms with Crippen LogP contribution in [0.15, 0.2) is 237 Å². The summed E-state index contributed by atoms with van der Waals surface area (Å²) in [5.41, 5.74) is 15.4. The highest BCUT2D eigenvalue weighted by Gasteiger charge is 2.17. The van der Waals surface area contributed by atoms with Gasteiger partial charge in [0.05, 0.1) is 22.4 Å². The SMILES string of the molecule is c1ccc(-c2ccc3ccc4ccc(-c5cc(-c6ccc(-c7ccc(-c8nc(-c9ccccc9)nc(-c9ccccc9)n8)cc7)cc6)cc(-c6cccc7sc8ccccc8c67)c5)nc4c3n2)cc1. The van der Waals surface area contributed by atoms with E-state index in [0.29, 0.717) is 17.5 Å². The van der Waals surface area contributed by atoms with Gasteiger partial charge in [0.1, 0.15) is 0 Å². The summed E-state index contributed by atoms with van der Waals surface area (Å²) in [5, 5.41) is 4.67. The summed E-state index contributed by atoms with van der Waals surface area (Å²) in [6.45, 7) is 0. The summed E-state index contributed by atoms with van der Waals surface area (Å²) in [6, 6.07) is 83.1. The minimum atomic E-state index is 0.633. The fourth-order valence-corrected chi connectivity index (χ4v) is 10.5. The number of rotatable bonds is 8. The van der Waals surface area contributed by atoms with Crippen LogP contribution >= 0.6 is 11.3 Å².